The Morgan fingerprint density at radius 1 is 0.571 bits per heavy atom. The lowest BCUT2D eigenvalue weighted by molar-refractivity contribution is -1.08. The standard InChI is InChI=1S/C28H62N2O4P/c1-6-11-12-13-14-15-16-17-18-19-20-21-22-23-24-25-26-29-27-28-33-35(31,32-10-5)34-30(7-2,8-3)9-4/h29H,6-28H2,1-5H3/q+1. The van der Waals surface area contributed by atoms with Crippen LogP contribution in [0.2, 0.25) is 0 Å². The van der Waals surface area contributed by atoms with Gasteiger partial charge in [0.05, 0.1) is 13.2 Å². The normalized spacial score (nSPS) is 13.9. The first kappa shape index (κ1) is 35.0. The van der Waals surface area contributed by atoms with Crippen molar-refractivity contribution in [2.24, 2.45) is 0 Å². The third-order valence-corrected chi connectivity index (χ3v) is 8.64. The van der Waals surface area contributed by atoms with E-state index in [1.807, 2.05) is 27.7 Å². The van der Waals surface area contributed by atoms with Gasteiger partial charge in [0.2, 0.25) is 0 Å². The van der Waals surface area contributed by atoms with E-state index in [2.05, 4.69) is 12.2 Å². The van der Waals surface area contributed by atoms with Crippen molar-refractivity contribution in [3.05, 3.63) is 0 Å². The Balaban J connectivity index is 3.59. The van der Waals surface area contributed by atoms with E-state index in [9.17, 15) is 4.57 Å². The molecule has 35 heavy (non-hydrogen) atoms. The summed E-state index contributed by atoms with van der Waals surface area (Å²) in [6.07, 6.45) is 22.2. The van der Waals surface area contributed by atoms with Gasteiger partial charge in [0, 0.05) is 6.54 Å². The Morgan fingerprint density at radius 2 is 1.00 bits per heavy atom. The lowest BCUT2D eigenvalue weighted by atomic mass is 10.0. The number of hydrogen-bond acceptors (Lipinski definition) is 5. The van der Waals surface area contributed by atoms with Gasteiger partial charge in [0.15, 0.2) is 0 Å². The largest absolute Gasteiger partial charge is 0.520 e. The van der Waals surface area contributed by atoms with Crippen LogP contribution in [-0.4, -0.2) is 50.6 Å². The molecule has 1 N–H and O–H groups in total. The predicted molar refractivity (Wildman–Crippen MR) is 151 cm³/mol. The molecule has 0 fully saturated rings. The number of rotatable bonds is 28. The van der Waals surface area contributed by atoms with Crippen LogP contribution in [0.1, 0.15) is 137 Å². The molecule has 0 aromatic rings. The minimum absolute atomic E-state index is 0.282. The first-order valence-corrected chi connectivity index (χ1v) is 16.6. The molecule has 0 aliphatic carbocycles. The number of nitrogens with one attached hydrogen (secondary N) is 1. The van der Waals surface area contributed by atoms with Gasteiger partial charge in [0.25, 0.3) is 0 Å². The van der Waals surface area contributed by atoms with Crippen LogP contribution in [0, 0.1) is 0 Å². The summed E-state index contributed by atoms with van der Waals surface area (Å²) in [6, 6.07) is 0. The van der Waals surface area contributed by atoms with Crippen molar-refractivity contribution in [2.75, 3.05) is 45.9 Å². The van der Waals surface area contributed by atoms with Crippen molar-refractivity contribution < 1.29 is 22.9 Å². The molecule has 1 unspecified atom stereocenters. The van der Waals surface area contributed by atoms with Gasteiger partial charge in [-0.1, -0.05) is 108 Å². The Hall–Kier alpha value is 0.0300. The van der Waals surface area contributed by atoms with Crippen molar-refractivity contribution in [3.63, 3.8) is 0 Å². The van der Waals surface area contributed by atoms with Crippen LogP contribution in [0.4, 0.5) is 0 Å². The average Bonchev–Trinajstić information content (AvgIpc) is 2.86. The van der Waals surface area contributed by atoms with E-state index >= 15 is 0 Å². The Morgan fingerprint density at radius 3 is 1.40 bits per heavy atom. The fourth-order valence-electron chi connectivity index (χ4n) is 4.45. The van der Waals surface area contributed by atoms with E-state index in [1.54, 1.807) is 0 Å². The van der Waals surface area contributed by atoms with Crippen molar-refractivity contribution in [1.29, 1.82) is 0 Å². The molecule has 212 valence electrons. The quantitative estimate of drug-likeness (QED) is 0.0482. The third kappa shape index (κ3) is 19.8. The molecule has 0 rings (SSSR count). The first-order chi connectivity index (χ1) is 17.0. The zero-order chi connectivity index (χ0) is 26.1. The number of phosphoric acid groups is 1. The second-order valence-electron chi connectivity index (χ2n) is 9.84. The van der Waals surface area contributed by atoms with Gasteiger partial charge in [-0.3, -0.25) is 9.05 Å². The SMILES string of the molecule is CCCCCCCCCCCCCCCCCCNCCOP(=O)(OCC)O[N+](CC)(CC)CC. The van der Waals surface area contributed by atoms with Crippen LogP contribution in [0.25, 0.3) is 0 Å². The summed E-state index contributed by atoms with van der Waals surface area (Å²) in [7, 11) is -3.55. The highest BCUT2D eigenvalue weighted by molar-refractivity contribution is 7.48. The van der Waals surface area contributed by atoms with Crippen molar-refractivity contribution in [2.45, 2.75) is 137 Å². The molecule has 0 spiro atoms. The van der Waals surface area contributed by atoms with E-state index < -0.39 is 7.82 Å². The summed E-state index contributed by atoms with van der Waals surface area (Å²) in [6.45, 7) is 14.6. The number of hydroxylamine groups is 3. The number of unbranched alkanes of at least 4 members (excludes halogenated alkanes) is 15. The number of phosphoric ester groups is 1. The number of quaternary nitrogens is 1. The van der Waals surface area contributed by atoms with Gasteiger partial charge in [-0.15, -0.1) is 0 Å². The molecule has 0 aliphatic rings. The first-order valence-electron chi connectivity index (χ1n) is 15.2. The fraction of sp³-hybridized carbons (Fsp3) is 1.00. The molecule has 0 radical (unpaired) electrons. The molecule has 7 heteroatoms. The van der Waals surface area contributed by atoms with Gasteiger partial charge in [-0.25, -0.2) is 4.57 Å². The summed E-state index contributed by atoms with van der Waals surface area (Å²) in [5, 5.41) is 3.39. The molecule has 0 aromatic carbocycles. The highest BCUT2D eigenvalue weighted by Gasteiger charge is 2.39. The van der Waals surface area contributed by atoms with Crippen molar-refractivity contribution in [1.82, 2.24) is 5.32 Å². The molecule has 0 saturated heterocycles. The van der Waals surface area contributed by atoms with Crippen LogP contribution >= 0.6 is 7.82 Å². The summed E-state index contributed by atoms with van der Waals surface area (Å²) in [4.78, 5) is 0. The maximum absolute atomic E-state index is 13.0. The lowest BCUT2D eigenvalue weighted by Crippen LogP contribution is -2.46. The molecule has 6 nitrogen and oxygen atoms in total. The molecule has 0 heterocycles. The Kier molecular flexibility index (Phi) is 24.4. The zero-order valence-electron chi connectivity index (χ0n) is 24.3. The smallest absolute Gasteiger partial charge is 0.314 e. The van der Waals surface area contributed by atoms with Gasteiger partial charge in [-0.2, -0.15) is 4.65 Å². The molecule has 0 saturated carbocycles. The second-order valence-corrected chi connectivity index (χ2v) is 11.4. The maximum atomic E-state index is 13.0. The van der Waals surface area contributed by atoms with Crippen molar-refractivity contribution in [3.8, 4) is 0 Å². The van der Waals surface area contributed by atoms with E-state index in [0.29, 0.717) is 19.8 Å². The summed E-state index contributed by atoms with van der Waals surface area (Å²) >= 11 is 0. The molecule has 0 aliphatic heterocycles. The molecule has 0 aromatic heterocycles. The van der Waals surface area contributed by atoms with E-state index in [-0.39, 0.29) is 4.65 Å². The minimum atomic E-state index is -3.55. The van der Waals surface area contributed by atoms with Gasteiger partial charge >= 0.3 is 7.82 Å². The highest BCUT2D eigenvalue weighted by Crippen LogP contribution is 2.51. The van der Waals surface area contributed by atoms with Crippen LogP contribution < -0.4 is 5.32 Å². The predicted octanol–water partition coefficient (Wildman–Crippen LogP) is 8.81. The fourth-order valence-corrected chi connectivity index (χ4v) is 6.02. The summed E-state index contributed by atoms with van der Waals surface area (Å²) < 4.78 is 30.1. The molecule has 0 amide bonds. The van der Waals surface area contributed by atoms with Gasteiger partial charge < -0.3 is 5.32 Å². The summed E-state index contributed by atoms with van der Waals surface area (Å²) in [5.74, 6) is 0. The van der Waals surface area contributed by atoms with Gasteiger partial charge in [-0.05, 0) is 40.7 Å². The van der Waals surface area contributed by atoms with Crippen LogP contribution in [0.5, 0.6) is 0 Å². The highest BCUT2D eigenvalue weighted by atomic mass is 31.2. The molecular weight excluding hydrogens is 459 g/mol. The maximum Gasteiger partial charge on any atom is 0.520 e. The Bertz CT molecular complexity index is 481. The number of hydrogen-bond donors (Lipinski definition) is 1. The third-order valence-electron chi connectivity index (χ3n) is 7.02. The minimum Gasteiger partial charge on any atom is -0.314 e. The molecule has 0 bridgehead atoms. The molecular formula is C28H62N2O4P+. The topological polar surface area (TPSA) is 56.8 Å². The van der Waals surface area contributed by atoms with Crippen LogP contribution in [0.15, 0.2) is 0 Å². The van der Waals surface area contributed by atoms with Crippen molar-refractivity contribution >= 4 is 7.82 Å². The van der Waals surface area contributed by atoms with E-state index in [0.717, 1.165) is 26.2 Å². The average molecular weight is 522 g/mol. The second kappa shape index (κ2) is 24.4. The lowest BCUT2D eigenvalue weighted by Gasteiger charge is -2.33. The van der Waals surface area contributed by atoms with E-state index in [4.69, 9.17) is 13.7 Å². The monoisotopic (exact) mass is 521 g/mol. The number of nitrogens with zero attached hydrogens (tertiary/aromatic N) is 1. The molecule has 1 atom stereocenters. The van der Waals surface area contributed by atoms with Crippen LogP contribution in [-0.2, 0) is 18.2 Å². The Labute approximate surface area is 219 Å². The summed E-state index contributed by atoms with van der Waals surface area (Å²) in [5.41, 5.74) is 0. The zero-order valence-corrected chi connectivity index (χ0v) is 25.2. The van der Waals surface area contributed by atoms with Crippen LogP contribution in [0.3, 0.4) is 0 Å². The van der Waals surface area contributed by atoms with Gasteiger partial charge in [0.1, 0.15) is 19.6 Å². The van der Waals surface area contributed by atoms with E-state index in [1.165, 1.54) is 103 Å².